The van der Waals surface area contributed by atoms with Crippen LogP contribution in [0.5, 0.6) is 0 Å². The first-order valence-corrected chi connectivity index (χ1v) is 23.4. The second-order valence-electron chi connectivity index (χ2n) is 15.8. The predicted octanol–water partition coefficient (Wildman–Crippen LogP) is 14.7. The number of aliphatic hydroxyl groups is 2. The fourth-order valence-electron chi connectivity index (χ4n) is 6.91. The van der Waals surface area contributed by atoms with Crippen LogP contribution in [0.1, 0.15) is 239 Å². The largest absolute Gasteiger partial charge is 0.394 e. The molecule has 0 aliphatic carbocycles. The zero-order valence-corrected chi connectivity index (χ0v) is 35.5. The van der Waals surface area contributed by atoms with Crippen molar-refractivity contribution in [2.24, 2.45) is 0 Å². The van der Waals surface area contributed by atoms with Gasteiger partial charge in [-0.1, -0.05) is 210 Å². The zero-order valence-electron chi connectivity index (χ0n) is 35.5. The van der Waals surface area contributed by atoms with Gasteiger partial charge >= 0.3 is 0 Å². The standard InChI is InChI=1S/C49H91NO3/c1-3-5-7-9-11-13-15-17-19-21-23-24-25-26-27-29-31-33-35-37-39-41-43-45-49(53)50-47(46-51)48(52)44-42-40-38-36-34-32-30-28-22-20-18-16-14-12-10-8-6-4-2/h21-23,28,34,36,42,44,47-48,51-52H,3-20,24-27,29-33,35,37-41,43,45-46H2,1-2H3,(H,50,53)/b23-21-,28-22+,36-34+,44-42+. The van der Waals surface area contributed by atoms with E-state index in [0.29, 0.717) is 6.42 Å². The molecule has 0 aliphatic heterocycles. The summed E-state index contributed by atoms with van der Waals surface area (Å²) >= 11 is 0. The second-order valence-corrected chi connectivity index (χ2v) is 15.8. The number of hydrogen-bond donors (Lipinski definition) is 3. The molecule has 0 saturated heterocycles. The molecule has 0 fully saturated rings. The summed E-state index contributed by atoms with van der Waals surface area (Å²) in [6.07, 6.45) is 60.9. The van der Waals surface area contributed by atoms with Crippen LogP contribution in [0.15, 0.2) is 48.6 Å². The van der Waals surface area contributed by atoms with Crippen LogP contribution in [0.4, 0.5) is 0 Å². The van der Waals surface area contributed by atoms with Gasteiger partial charge in [0.05, 0.1) is 18.8 Å². The van der Waals surface area contributed by atoms with Gasteiger partial charge in [0, 0.05) is 6.42 Å². The van der Waals surface area contributed by atoms with Crippen molar-refractivity contribution in [3.05, 3.63) is 48.6 Å². The lowest BCUT2D eigenvalue weighted by molar-refractivity contribution is -0.123. The van der Waals surface area contributed by atoms with E-state index in [0.717, 1.165) is 38.5 Å². The molecule has 0 saturated carbocycles. The second kappa shape index (κ2) is 44.7. The smallest absolute Gasteiger partial charge is 0.220 e. The van der Waals surface area contributed by atoms with Gasteiger partial charge in [-0.05, 0) is 70.6 Å². The molecule has 3 N–H and O–H groups in total. The lowest BCUT2D eigenvalue weighted by atomic mass is 10.0. The molecule has 2 unspecified atom stereocenters. The number of allylic oxidation sites excluding steroid dienone is 7. The van der Waals surface area contributed by atoms with Gasteiger partial charge in [0.2, 0.25) is 5.91 Å². The summed E-state index contributed by atoms with van der Waals surface area (Å²) in [5.74, 6) is -0.0784. The van der Waals surface area contributed by atoms with Crippen LogP contribution in [-0.2, 0) is 4.79 Å². The molecule has 0 heterocycles. The van der Waals surface area contributed by atoms with Crippen molar-refractivity contribution in [2.75, 3.05) is 6.61 Å². The van der Waals surface area contributed by atoms with Crippen molar-refractivity contribution in [3.8, 4) is 0 Å². The number of hydrogen-bond acceptors (Lipinski definition) is 3. The molecule has 1 amide bonds. The van der Waals surface area contributed by atoms with E-state index in [1.807, 2.05) is 6.08 Å². The van der Waals surface area contributed by atoms with Crippen LogP contribution in [0, 0.1) is 0 Å². The summed E-state index contributed by atoms with van der Waals surface area (Å²) in [6, 6.07) is -0.645. The van der Waals surface area contributed by atoms with Crippen molar-refractivity contribution in [1.82, 2.24) is 5.32 Å². The highest BCUT2D eigenvalue weighted by atomic mass is 16.3. The topological polar surface area (TPSA) is 69.6 Å². The number of carbonyl (C=O) groups is 1. The lowest BCUT2D eigenvalue weighted by Gasteiger charge is -2.19. The first-order valence-electron chi connectivity index (χ1n) is 23.4. The van der Waals surface area contributed by atoms with Crippen molar-refractivity contribution in [3.63, 3.8) is 0 Å². The highest BCUT2D eigenvalue weighted by Gasteiger charge is 2.17. The van der Waals surface area contributed by atoms with E-state index < -0.39 is 12.1 Å². The third-order valence-corrected chi connectivity index (χ3v) is 10.5. The minimum absolute atomic E-state index is 0.0784. The van der Waals surface area contributed by atoms with Gasteiger partial charge in [-0.15, -0.1) is 0 Å². The number of nitrogens with one attached hydrogen (secondary N) is 1. The number of carbonyl (C=O) groups excluding carboxylic acids is 1. The third-order valence-electron chi connectivity index (χ3n) is 10.5. The maximum absolute atomic E-state index is 12.4. The summed E-state index contributed by atoms with van der Waals surface area (Å²) in [7, 11) is 0. The lowest BCUT2D eigenvalue weighted by Crippen LogP contribution is -2.45. The first-order chi connectivity index (χ1) is 26.2. The maximum atomic E-state index is 12.4. The van der Waals surface area contributed by atoms with Crippen molar-refractivity contribution in [2.45, 2.75) is 251 Å². The highest BCUT2D eigenvalue weighted by molar-refractivity contribution is 5.76. The molecular formula is C49H91NO3. The van der Waals surface area contributed by atoms with Crippen molar-refractivity contribution in [1.29, 1.82) is 0 Å². The Kier molecular flexibility index (Phi) is 43.4. The Morgan fingerprint density at radius 2 is 0.736 bits per heavy atom. The summed E-state index contributed by atoms with van der Waals surface area (Å²) in [4.78, 5) is 12.4. The van der Waals surface area contributed by atoms with Crippen molar-refractivity contribution < 1.29 is 15.0 Å². The van der Waals surface area contributed by atoms with Gasteiger partial charge in [-0.25, -0.2) is 0 Å². The Hall–Kier alpha value is -1.65. The van der Waals surface area contributed by atoms with Crippen LogP contribution in [0.25, 0.3) is 0 Å². The molecular weight excluding hydrogens is 651 g/mol. The van der Waals surface area contributed by atoms with E-state index in [-0.39, 0.29) is 12.5 Å². The highest BCUT2D eigenvalue weighted by Crippen LogP contribution is 2.14. The first kappa shape index (κ1) is 51.4. The predicted molar refractivity (Wildman–Crippen MR) is 235 cm³/mol. The fraction of sp³-hybridized carbons (Fsp3) is 0.816. The number of amides is 1. The van der Waals surface area contributed by atoms with E-state index in [9.17, 15) is 15.0 Å². The molecule has 0 bridgehead atoms. The molecule has 0 aromatic rings. The Labute approximate surface area is 331 Å². The Morgan fingerprint density at radius 1 is 0.434 bits per heavy atom. The monoisotopic (exact) mass is 742 g/mol. The number of aliphatic hydroxyl groups excluding tert-OH is 2. The molecule has 53 heavy (non-hydrogen) atoms. The molecule has 2 atom stereocenters. The molecule has 310 valence electrons. The minimum atomic E-state index is -0.870. The molecule has 0 aromatic heterocycles. The quantitative estimate of drug-likeness (QED) is 0.0431. The van der Waals surface area contributed by atoms with Gasteiger partial charge in [0.1, 0.15) is 0 Å². The van der Waals surface area contributed by atoms with E-state index in [4.69, 9.17) is 0 Å². The Balaban J connectivity index is 3.60. The van der Waals surface area contributed by atoms with Crippen LogP contribution in [0.2, 0.25) is 0 Å². The van der Waals surface area contributed by atoms with Crippen LogP contribution in [-0.4, -0.2) is 34.9 Å². The van der Waals surface area contributed by atoms with Gasteiger partial charge in [0.25, 0.3) is 0 Å². The summed E-state index contributed by atoms with van der Waals surface area (Å²) in [6.45, 7) is 4.30. The summed E-state index contributed by atoms with van der Waals surface area (Å²) in [5, 5.41) is 23.0. The van der Waals surface area contributed by atoms with E-state index in [1.54, 1.807) is 6.08 Å². The molecule has 4 nitrogen and oxygen atoms in total. The van der Waals surface area contributed by atoms with Gasteiger partial charge in [0.15, 0.2) is 0 Å². The van der Waals surface area contributed by atoms with Crippen molar-refractivity contribution >= 4 is 5.91 Å². The molecule has 0 rings (SSSR count). The van der Waals surface area contributed by atoms with E-state index in [1.165, 1.54) is 180 Å². The molecule has 4 heteroatoms. The van der Waals surface area contributed by atoms with Gasteiger partial charge < -0.3 is 15.5 Å². The number of unbranched alkanes of at least 4 members (excludes halogenated alkanes) is 29. The van der Waals surface area contributed by atoms with Gasteiger partial charge in [-0.2, -0.15) is 0 Å². The Morgan fingerprint density at radius 3 is 1.09 bits per heavy atom. The summed E-state index contributed by atoms with van der Waals surface area (Å²) < 4.78 is 0. The summed E-state index contributed by atoms with van der Waals surface area (Å²) in [5.41, 5.74) is 0. The van der Waals surface area contributed by atoms with E-state index in [2.05, 4.69) is 55.6 Å². The van der Waals surface area contributed by atoms with Gasteiger partial charge in [-0.3, -0.25) is 4.79 Å². The normalized spacial score (nSPS) is 13.4. The minimum Gasteiger partial charge on any atom is -0.394 e. The zero-order chi connectivity index (χ0) is 38.6. The average molecular weight is 742 g/mol. The van der Waals surface area contributed by atoms with Crippen LogP contribution < -0.4 is 5.32 Å². The molecule has 0 aromatic carbocycles. The van der Waals surface area contributed by atoms with Crippen LogP contribution >= 0.6 is 0 Å². The molecule has 0 aliphatic rings. The average Bonchev–Trinajstić information content (AvgIpc) is 3.16. The Bertz CT molecular complexity index is 847. The third kappa shape index (κ3) is 41.4. The number of rotatable bonds is 42. The SMILES string of the molecule is CCCCCCCCCC/C=C\CCCCCCCCCCCCCC(=O)NC(CO)C(O)/C=C/CC/C=C/CC/C=C/CCCCCCCCCC. The molecule has 0 spiro atoms. The van der Waals surface area contributed by atoms with Crippen LogP contribution in [0.3, 0.4) is 0 Å². The maximum Gasteiger partial charge on any atom is 0.220 e. The van der Waals surface area contributed by atoms with E-state index >= 15 is 0 Å². The molecule has 0 radical (unpaired) electrons. The fourth-order valence-corrected chi connectivity index (χ4v) is 6.91.